The molecule has 0 saturated carbocycles. The first-order chi connectivity index (χ1) is 10.2. The molecule has 0 unspecified atom stereocenters. The summed E-state index contributed by atoms with van der Waals surface area (Å²) in [5, 5.41) is 0.677. The maximum atomic E-state index is 11.7. The number of aromatic nitrogens is 2. The van der Waals surface area contributed by atoms with E-state index in [1.165, 1.54) is 11.8 Å². The van der Waals surface area contributed by atoms with Gasteiger partial charge in [0, 0.05) is 17.5 Å². The zero-order chi connectivity index (χ0) is 15.1. The van der Waals surface area contributed by atoms with Crippen molar-refractivity contribution in [3.8, 4) is 5.75 Å². The van der Waals surface area contributed by atoms with Crippen LogP contribution < -0.4 is 10.3 Å². The van der Waals surface area contributed by atoms with E-state index < -0.39 is 0 Å². The second-order valence-corrected chi connectivity index (χ2v) is 5.75. The zero-order valence-corrected chi connectivity index (χ0v) is 13.2. The minimum atomic E-state index is -0.0794. The summed E-state index contributed by atoms with van der Waals surface area (Å²) < 4.78 is 5.21. The SMILES string of the molecule is CCCCc1cc(=O)[nH]c(SCc2cccc(OC)c2)n1. The lowest BCUT2D eigenvalue weighted by Crippen LogP contribution is -2.10. The summed E-state index contributed by atoms with van der Waals surface area (Å²) in [5.74, 6) is 1.59. The van der Waals surface area contributed by atoms with E-state index in [-0.39, 0.29) is 5.56 Å². The van der Waals surface area contributed by atoms with E-state index in [1.54, 1.807) is 13.2 Å². The molecule has 1 N–H and O–H groups in total. The van der Waals surface area contributed by atoms with Crippen LogP contribution >= 0.6 is 11.8 Å². The van der Waals surface area contributed by atoms with Crippen molar-refractivity contribution >= 4 is 11.8 Å². The highest BCUT2D eigenvalue weighted by molar-refractivity contribution is 7.98. The quantitative estimate of drug-likeness (QED) is 0.629. The van der Waals surface area contributed by atoms with E-state index >= 15 is 0 Å². The third-order valence-corrected chi connectivity index (χ3v) is 4.01. The van der Waals surface area contributed by atoms with Gasteiger partial charge in [0.25, 0.3) is 5.56 Å². The molecule has 4 nitrogen and oxygen atoms in total. The minimum Gasteiger partial charge on any atom is -0.497 e. The van der Waals surface area contributed by atoms with E-state index in [0.29, 0.717) is 5.16 Å². The number of benzene rings is 1. The van der Waals surface area contributed by atoms with E-state index in [2.05, 4.69) is 16.9 Å². The summed E-state index contributed by atoms with van der Waals surface area (Å²) in [5.41, 5.74) is 1.93. The maximum absolute atomic E-state index is 11.7. The lowest BCUT2D eigenvalue weighted by molar-refractivity contribution is 0.414. The number of aromatic amines is 1. The molecule has 1 aromatic carbocycles. The number of ether oxygens (including phenoxy) is 1. The molecule has 112 valence electrons. The molecule has 1 heterocycles. The molecule has 0 radical (unpaired) electrons. The minimum absolute atomic E-state index is 0.0794. The second-order valence-electron chi connectivity index (χ2n) is 4.79. The molecule has 0 amide bonds. The molecule has 2 rings (SSSR count). The number of thioether (sulfide) groups is 1. The van der Waals surface area contributed by atoms with Crippen molar-refractivity contribution in [2.24, 2.45) is 0 Å². The smallest absolute Gasteiger partial charge is 0.251 e. The summed E-state index contributed by atoms with van der Waals surface area (Å²) in [7, 11) is 1.66. The molecule has 1 aromatic heterocycles. The van der Waals surface area contributed by atoms with Crippen LogP contribution in [0.5, 0.6) is 5.75 Å². The predicted octanol–water partition coefficient (Wildman–Crippen LogP) is 3.41. The summed E-state index contributed by atoms with van der Waals surface area (Å²) in [6.45, 7) is 2.13. The van der Waals surface area contributed by atoms with Gasteiger partial charge >= 0.3 is 0 Å². The molecule has 0 spiro atoms. The van der Waals surface area contributed by atoms with Crippen LogP contribution in [0.4, 0.5) is 0 Å². The number of H-pyrrole nitrogens is 1. The fourth-order valence-corrected chi connectivity index (χ4v) is 2.79. The monoisotopic (exact) mass is 304 g/mol. The Morgan fingerprint density at radius 1 is 1.33 bits per heavy atom. The molecule has 0 aliphatic heterocycles. The van der Waals surface area contributed by atoms with Crippen LogP contribution in [0, 0.1) is 0 Å². The Hall–Kier alpha value is -1.75. The molecule has 0 bridgehead atoms. The molecule has 2 aromatic rings. The largest absolute Gasteiger partial charge is 0.497 e. The van der Waals surface area contributed by atoms with Crippen molar-refractivity contribution < 1.29 is 4.74 Å². The van der Waals surface area contributed by atoms with Crippen LogP contribution in [-0.2, 0) is 12.2 Å². The van der Waals surface area contributed by atoms with Gasteiger partial charge in [-0.05, 0) is 30.5 Å². The molecule has 0 aliphatic carbocycles. The van der Waals surface area contributed by atoms with E-state index in [9.17, 15) is 4.79 Å². The van der Waals surface area contributed by atoms with Crippen molar-refractivity contribution in [1.82, 2.24) is 9.97 Å². The van der Waals surface area contributed by atoms with Crippen molar-refractivity contribution in [3.63, 3.8) is 0 Å². The lowest BCUT2D eigenvalue weighted by Gasteiger charge is -2.05. The van der Waals surface area contributed by atoms with Crippen LogP contribution in [-0.4, -0.2) is 17.1 Å². The van der Waals surface area contributed by atoms with Crippen LogP contribution in [0.15, 0.2) is 40.3 Å². The molecule has 0 fully saturated rings. The highest BCUT2D eigenvalue weighted by Crippen LogP contribution is 2.21. The number of aryl methyl sites for hydroxylation is 1. The lowest BCUT2D eigenvalue weighted by atomic mass is 10.2. The molecular formula is C16H20N2O2S. The topological polar surface area (TPSA) is 55.0 Å². The Morgan fingerprint density at radius 3 is 2.95 bits per heavy atom. The number of hydrogen-bond donors (Lipinski definition) is 1. The van der Waals surface area contributed by atoms with Gasteiger partial charge in [0.05, 0.1) is 7.11 Å². The number of nitrogens with one attached hydrogen (secondary N) is 1. The Bertz CT molecular complexity index is 640. The van der Waals surface area contributed by atoms with Crippen LogP contribution in [0.3, 0.4) is 0 Å². The van der Waals surface area contributed by atoms with Gasteiger partial charge in [-0.25, -0.2) is 4.98 Å². The van der Waals surface area contributed by atoms with Gasteiger partial charge in [-0.2, -0.15) is 0 Å². The van der Waals surface area contributed by atoms with Crippen LogP contribution in [0.1, 0.15) is 31.0 Å². The predicted molar refractivity (Wildman–Crippen MR) is 86.0 cm³/mol. The molecule has 5 heteroatoms. The zero-order valence-electron chi connectivity index (χ0n) is 12.4. The van der Waals surface area contributed by atoms with Gasteiger partial charge in [0.1, 0.15) is 5.75 Å². The van der Waals surface area contributed by atoms with Gasteiger partial charge in [-0.3, -0.25) is 4.79 Å². The van der Waals surface area contributed by atoms with Gasteiger partial charge in [-0.15, -0.1) is 0 Å². The Kier molecular flexibility index (Phi) is 5.87. The van der Waals surface area contributed by atoms with Gasteiger partial charge in [0.15, 0.2) is 5.16 Å². The second kappa shape index (κ2) is 7.88. The van der Waals surface area contributed by atoms with E-state index in [4.69, 9.17) is 4.74 Å². The number of unbranched alkanes of at least 4 members (excludes halogenated alkanes) is 1. The fourth-order valence-electron chi connectivity index (χ4n) is 1.95. The van der Waals surface area contributed by atoms with Crippen molar-refractivity contribution in [3.05, 3.63) is 51.9 Å². The van der Waals surface area contributed by atoms with Crippen LogP contribution in [0.2, 0.25) is 0 Å². The number of methoxy groups -OCH3 is 1. The first-order valence-electron chi connectivity index (χ1n) is 7.07. The van der Waals surface area contributed by atoms with Gasteiger partial charge in [0.2, 0.25) is 0 Å². The van der Waals surface area contributed by atoms with Crippen molar-refractivity contribution in [1.29, 1.82) is 0 Å². The maximum Gasteiger partial charge on any atom is 0.251 e. The van der Waals surface area contributed by atoms with Gasteiger partial charge < -0.3 is 9.72 Å². The third kappa shape index (κ3) is 4.93. The molecule has 0 aliphatic rings. The third-order valence-electron chi connectivity index (χ3n) is 3.07. The first kappa shape index (κ1) is 15.6. The normalized spacial score (nSPS) is 10.6. The van der Waals surface area contributed by atoms with Crippen molar-refractivity contribution in [2.45, 2.75) is 37.1 Å². The molecule has 21 heavy (non-hydrogen) atoms. The molecule has 0 atom stereocenters. The highest BCUT2D eigenvalue weighted by Gasteiger charge is 2.03. The Labute approximate surface area is 129 Å². The summed E-state index contributed by atoms with van der Waals surface area (Å²) in [6, 6.07) is 9.49. The highest BCUT2D eigenvalue weighted by atomic mass is 32.2. The van der Waals surface area contributed by atoms with E-state index in [1.807, 2.05) is 24.3 Å². The fraction of sp³-hybridized carbons (Fsp3) is 0.375. The number of rotatable bonds is 7. The number of nitrogens with zero attached hydrogens (tertiary/aromatic N) is 1. The average Bonchev–Trinajstić information content (AvgIpc) is 2.50. The van der Waals surface area contributed by atoms with Crippen molar-refractivity contribution in [2.75, 3.05) is 7.11 Å². The summed E-state index contributed by atoms with van der Waals surface area (Å²) >= 11 is 1.53. The van der Waals surface area contributed by atoms with Gasteiger partial charge in [-0.1, -0.05) is 37.2 Å². The summed E-state index contributed by atoms with van der Waals surface area (Å²) in [6.07, 6.45) is 3.00. The first-order valence-corrected chi connectivity index (χ1v) is 8.06. The average molecular weight is 304 g/mol. The Morgan fingerprint density at radius 2 is 2.19 bits per heavy atom. The Balaban J connectivity index is 2.05. The van der Waals surface area contributed by atoms with E-state index in [0.717, 1.165) is 42.0 Å². The molecular weight excluding hydrogens is 284 g/mol. The summed E-state index contributed by atoms with van der Waals surface area (Å²) in [4.78, 5) is 19.0. The standard InChI is InChI=1S/C16H20N2O2S/c1-3-4-7-13-10-15(19)18-16(17-13)21-11-12-6-5-8-14(9-12)20-2/h5-6,8-10H,3-4,7,11H2,1-2H3,(H,17,18,19). The molecule has 0 saturated heterocycles. The van der Waals surface area contributed by atoms with Crippen LogP contribution in [0.25, 0.3) is 0 Å². The number of hydrogen-bond acceptors (Lipinski definition) is 4.